The van der Waals surface area contributed by atoms with Gasteiger partial charge in [0.1, 0.15) is 5.82 Å². The third-order valence-corrected chi connectivity index (χ3v) is 2.66. The van der Waals surface area contributed by atoms with Gasteiger partial charge in [-0.1, -0.05) is 6.08 Å². The molecule has 1 rings (SSSR count). The summed E-state index contributed by atoms with van der Waals surface area (Å²) >= 11 is 0. The lowest BCUT2D eigenvalue weighted by Crippen LogP contribution is -2.25. The quantitative estimate of drug-likeness (QED) is 0.617. The second kappa shape index (κ2) is 6.05. The van der Waals surface area contributed by atoms with E-state index in [1.54, 1.807) is 10.8 Å². The molecule has 0 radical (unpaired) electrons. The fourth-order valence-corrected chi connectivity index (χ4v) is 1.91. The molecule has 1 aromatic heterocycles. The van der Waals surface area contributed by atoms with Gasteiger partial charge in [0.2, 0.25) is 0 Å². The van der Waals surface area contributed by atoms with Gasteiger partial charge in [-0.05, 0) is 19.9 Å². The summed E-state index contributed by atoms with van der Waals surface area (Å²) in [5.74, 6) is -0.0524. The Morgan fingerprint density at radius 1 is 1.61 bits per heavy atom. The van der Waals surface area contributed by atoms with Crippen molar-refractivity contribution in [2.24, 2.45) is 7.05 Å². The normalized spacial score (nSPS) is 10.8. The number of anilines is 1. The Balaban J connectivity index is 3.23. The van der Waals surface area contributed by atoms with E-state index in [1.807, 2.05) is 27.0 Å². The van der Waals surface area contributed by atoms with Crippen LogP contribution >= 0.6 is 0 Å². The molecule has 18 heavy (non-hydrogen) atoms. The highest BCUT2D eigenvalue weighted by atomic mass is 16.4. The van der Waals surface area contributed by atoms with E-state index in [-0.39, 0.29) is 0 Å². The summed E-state index contributed by atoms with van der Waals surface area (Å²) < 4.78 is 1.77. The average molecular weight is 249 g/mol. The highest BCUT2D eigenvalue weighted by Crippen LogP contribution is 2.24. The summed E-state index contributed by atoms with van der Waals surface area (Å²) in [5.41, 5.74) is 1.65. The molecular formula is C13H19N3O2. The van der Waals surface area contributed by atoms with Crippen LogP contribution in [0.3, 0.4) is 0 Å². The van der Waals surface area contributed by atoms with Crippen molar-refractivity contribution in [2.45, 2.75) is 13.8 Å². The number of hydrogen-bond acceptors (Lipinski definition) is 3. The smallest absolute Gasteiger partial charge is 0.328 e. The molecule has 0 bridgehead atoms. The molecule has 0 aliphatic rings. The van der Waals surface area contributed by atoms with E-state index in [9.17, 15) is 4.79 Å². The standard InChI is InChI=1S/C13H19N3O2/c1-5-9-16(6-2)13-11(7-8-12(17)18)10(3)14-15(13)4/h5,7-8H,1,6,9H2,2-4H3,(H,17,18)/b8-7+. The lowest BCUT2D eigenvalue weighted by atomic mass is 10.2. The number of hydrogen-bond donors (Lipinski definition) is 1. The summed E-state index contributed by atoms with van der Waals surface area (Å²) in [5, 5.41) is 13.1. The van der Waals surface area contributed by atoms with Crippen molar-refractivity contribution in [3.05, 3.63) is 30.0 Å². The summed E-state index contributed by atoms with van der Waals surface area (Å²) in [6.45, 7) is 9.14. The topological polar surface area (TPSA) is 58.4 Å². The van der Waals surface area contributed by atoms with E-state index in [0.29, 0.717) is 6.54 Å². The number of nitrogens with zero attached hydrogens (tertiary/aromatic N) is 3. The maximum absolute atomic E-state index is 10.6. The third kappa shape index (κ3) is 3.00. The van der Waals surface area contributed by atoms with E-state index in [1.165, 1.54) is 0 Å². The maximum Gasteiger partial charge on any atom is 0.328 e. The van der Waals surface area contributed by atoms with Crippen molar-refractivity contribution >= 4 is 17.9 Å². The Morgan fingerprint density at radius 3 is 2.78 bits per heavy atom. The highest BCUT2D eigenvalue weighted by Gasteiger charge is 2.15. The fourth-order valence-electron chi connectivity index (χ4n) is 1.91. The summed E-state index contributed by atoms with van der Waals surface area (Å²) in [7, 11) is 1.85. The van der Waals surface area contributed by atoms with Gasteiger partial charge in [0.15, 0.2) is 0 Å². The first-order valence-corrected chi connectivity index (χ1v) is 5.81. The van der Waals surface area contributed by atoms with Crippen LogP contribution < -0.4 is 4.90 Å². The predicted octanol–water partition coefficient (Wildman–Crippen LogP) is 1.84. The van der Waals surface area contributed by atoms with E-state index in [0.717, 1.165) is 29.7 Å². The lowest BCUT2D eigenvalue weighted by molar-refractivity contribution is -0.131. The molecule has 0 aliphatic heterocycles. The van der Waals surface area contributed by atoms with Crippen LogP contribution in [0.15, 0.2) is 18.7 Å². The number of carbonyl (C=O) groups is 1. The van der Waals surface area contributed by atoms with Gasteiger partial charge in [0.05, 0.1) is 5.69 Å². The Bertz CT molecular complexity index is 475. The number of aliphatic carboxylic acids is 1. The van der Waals surface area contributed by atoms with Crippen LogP contribution in [-0.4, -0.2) is 33.9 Å². The summed E-state index contributed by atoms with van der Waals surface area (Å²) in [6.07, 6.45) is 4.54. The van der Waals surface area contributed by atoms with E-state index < -0.39 is 5.97 Å². The molecule has 0 fully saturated rings. The first kappa shape index (κ1) is 14.0. The van der Waals surface area contributed by atoms with Gasteiger partial charge in [0, 0.05) is 31.8 Å². The van der Waals surface area contributed by atoms with Gasteiger partial charge >= 0.3 is 5.97 Å². The van der Waals surface area contributed by atoms with Gasteiger partial charge in [-0.15, -0.1) is 6.58 Å². The van der Waals surface area contributed by atoms with Crippen LogP contribution in [0.2, 0.25) is 0 Å². The molecule has 0 amide bonds. The highest BCUT2D eigenvalue weighted by molar-refractivity contribution is 5.87. The third-order valence-electron chi connectivity index (χ3n) is 2.66. The van der Waals surface area contributed by atoms with Crippen LogP contribution in [0, 0.1) is 6.92 Å². The molecule has 5 nitrogen and oxygen atoms in total. The number of rotatable bonds is 6. The van der Waals surface area contributed by atoms with Crippen molar-refractivity contribution < 1.29 is 9.90 Å². The SMILES string of the molecule is C=CCN(CC)c1c(/C=C/C(=O)O)c(C)nn1C. The molecular weight excluding hydrogens is 230 g/mol. The van der Waals surface area contributed by atoms with Gasteiger partial charge in [-0.2, -0.15) is 5.10 Å². The van der Waals surface area contributed by atoms with Gasteiger partial charge in [0.25, 0.3) is 0 Å². The zero-order valence-electron chi connectivity index (χ0n) is 11.1. The van der Waals surface area contributed by atoms with Crippen molar-refractivity contribution in [3.8, 4) is 0 Å². The molecule has 0 aliphatic carbocycles. The molecule has 1 N–H and O–H groups in total. The molecule has 1 heterocycles. The molecule has 0 aromatic carbocycles. The van der Waals surface area contributed by atoms with E-state index >= 15 is 0 Å². The number of carboxylic acids is 1. The van der Waals surface area contributed by atoms with Crippen LogP contribution in [0.1, 0.15) is 18.2 Å². The summed E-state index contributed by atoms with van der Waals surface area (Å²) in [6, 6.07) is 0. The van der Waals surface area contributed by atoms with Crippen LogP contribution in [0.5, 0.6) is 0 Å². The van der Waals surface area contributed by atoms with Crippen LogP contribution in [-0.2, 0) is 11.8 Å². The lowest BCUT2D eigenvalue weighted by Gasteiger charge is -2.22. The Labute approximate surface area is 107 Å². The minimum Gasteiger partial charge on any atom is -0.478 e. The first-order chi connectivity index (χ1) is 8.51. The second-order valence-electron chi connectivity index (χ2n) is 3.95. The largest absolute Gasteiger partial charge is 0.478 e. The molecule has 0 spiro atoms. The monoisotopic (exact) mass is 249 g/mol. The molecule has 5 heteroatoms. The second-order valence-corrected chi connectivity index (χ2v) is 3.95. The molecule has 0 atom stereocenters. The van der Waals surface area contributed by atoms with E-state index in [4.69, 9.17) is 5.11 Å². The van der Waals surface area contributed by atoms with Gasteiger partial charge < -0.3 is 10.0 Å². The number of likely N-dealkylation sites (N-methyl/N-ethyl adjacent to an activating group) is 1. The molecule has 0 saturated carbocycles. The minimum absolute atomic E-state index is 0.698. The Hall–Kier alpha value is -2.04. The van der Waals surface area contributed by atoms with E-state index in [2.05, 4.69) is 16.6 Å². The average Bonchev–Trinajstić information content (AvgIpc) is 2.58. The summed E-state index contributed by atoms with van der Waals surface area (Å²) in [4.78, 5) is 12.7. The molecule has 0 saturated heterocycles. The molecule has 0 unspecified atom stereocenters. The zero-order valence-corrected chi connectivity index (χ0v) is 11.1. The predicted molar refractivity (Wildman–Crippen MR) is 72.7 cm³/mol. The number of carboxylic acid groups (broad SMARTS) is 1. The van der Waals surface area contributed by atoms with Crippen molar-refractivity contribution in [1.29, 1.82) is 0 Å². The number of aryl methyl sites for hydroxylation is 2. The van der Waals surface area contributed by atoms with Crippen molar-refractivity contribution in [2.75, 3.05) is 18.0 Å². The Kier molecular flexibility index (Phi) is 4.71. The van der Waals surface area contributed by atoms with Gasteiger partial charge in [-0.25, -0.2) is 4.79 Å². The maximum atomic E-state index is 10.6. The minimum atomic E-state index is -0.962. The van der Waals surface area contributed by atoms with Crippen molar-refractivity contribution in [1.82, 2.24) is 9.78 Å². The Morgan fingerprint density at radius 2 is 2.28 bits per heavy atom. The van der Waals surface area contributed by atoms with Gasteiger partial charge in [-0.3, -0.25) is 4.68 Å². The van der Waals surface area contributed by atoms with Crippen molar-refractivity contribution in [3.63, 3.8) is 0 Å². The first-order valence-electron chi connectivity index (χ1n) is 5.81. The molecule has 1 aromatic rings. The van der Waals surface area contributed by atoms with Crippen LogP contribution in [0.25, 0.3) is 6.08 Å². The number of aromatic nitrogens is 2. The molecule has 98 valence electrons. The fraction of sp³-hybridized carbons (Fsp3) is 0.385. The van der Waals surface area contributed by atoms with Crippen LogP contribution in [0.4, 0.5) is 5.82 Å². The zero-order chi connectivity index (χ0) is 13.7.